The molecule has 25 heavy (non-hydrogen) atoms. The number of carbonyl (C=O) groups is 3. The molecule has 130 valence electrons. The van der Waals surface area contributed by atoms with Gasteiger partial charge in [0.2, 0.25) is 11.8 Å². The van der Waals surface area contributed by atoms with Crippen molar-refractivity contribution in [3.05, 3.63) is 45.6 Å². The Morgan fingerprint density at radius 1 is 1.32 bits per heavy atom. The first-order chi connectivity index (χ1) is 12.0. The molecular weight excluding hydrogens is 364 g/mol. The van der Waals surface area contributed by atoms with Gasteiger partial charge < -0.3 is 15.0 Å². The van der Waals surface area contributed by atoms with Gasteiger partial charge in [0.05, 0.1) is 29.4 Å². The lowest BCUT2D eigenvalue weighted by atomic mass is 10.1. The van der Waals surface area contributed by atoms with Crippen molar-refractivity contribution in [1.29, 1.82) is 0 Å². The van der Waals surface area contributed by atoms with Gasteiger partial charge in [0.15, 0.2) is 0 Å². The first kappa shape index (κ1) is 17.4. The first-order valence-corrected chi connectivity index (χ1v) is 8.78. The van der Waals surface area contributed by atoms with Crippen LogP contribution in [-0.4, -0.2) is 31.4 Å². The minimum Gasteiger partial charge on any atom is -0.465 e. The van der Waals surface area contributed by atoms with E-state index in [4.69, 9.17) is 16.3 Å². The topological polar surface area (TPSA) is 75.7 Å². The van der Waals surface area contributed by atoms with Crippen LogP contribution in [0.25, 0.3) is 0 Å². The number of carbonyl (C=O) groups excluding carboxylic acids is 3. The number of esters is 1. The van der Waals surface area contributed by atoms with Crippen LogP contribution in [0.1, 0.15) is 16.1 Å². The van der Waals surface area contributed by atoms with Crippen molar-refractivity contribution in [1.82, 2.24) is 0 Å². The van der Waals surface area contributed by atoms with Crippen molar-refractivity contribution in [2.24, 2.45) is 5.92 Å². The summed E-state index contributed by atoms with van der Waals surface area (Å²) in [7, 11) is 1.28. The Kier molecular flexibility index (Phi) is 5.06. The first-order valence-electron chi connectivity index (χ1n) is 7.53. The van der Waals surface area contributed by atoms with Gasteiger partial charge in [-0.3, -0.25) is 9.59 Å². The number of thiophene rings is 1. The van der Waals surface area contributed by atoms with E-state index in [1.165, 1.54) is 23.3 Å². The number of rotatable bonds is 4. The number of hydrogen-bond acceptors (Lipinski definition) is 5. The predicted octanol–water partition coefficient (Wildman–Crippen LogP) is 3.18. The van der Waals surface area contributed by atoms with Crippen LogP contribution >= 0.6 is 22.9 Å². The summed E-state index contributed by atoms with van der Waals surface area (Å²) < 4.78 is 4.69. The minimum atomic E-state index is -0.519. The van der Waals surface area contributed by atoms with Crippen LogP contribution in [0.3, 0.4) is 0 Å². The highest BCUT2D eigenvalue weighted by Gasteiger charge is 2.36. The third-order valence-corrected chi connectivity index (χ3v) is 5.15. The summed E-state index contributed by atoms with van der Waals surface area (Å²) in [5.74, 6) is -1.50. The predicted molar refractivity (Wildman–Crippen MR) is 96.2 cm³/mol. The summed E-state index contributed by atoms with van der Waals surface area (Å²) in [6.45, 7) is 0.242. The molecule has 1 aliphatic rings. The highest BCUT2D eigenvalue weighted by atomic mass is 35.5. The summed E-state index contributed by atoms with van der Waals surface area (Å²) in [4.78, 5) is 38.3. The van der Waals surface area contributed by atoms with Crippen molar-refractivity contribution in [2.75, 3.05) is 23.9 Å². The second-order valence-electron chi connectivity index (χ2n) is 5.50. The van der Waals surface area contributed by atoms with Crippen molar-refractivity contribution in [3.63, 3.8) is 0 Å². The van der Waals surface area contributed by atoms with E-state index >= 15 is 0 Å². The number of para-hydroxylation sites is 1. The molecule has 6 nitrogen and oxygen atoms in total. The third-order valence-electron chi connectivity index (χ3n) is 3.93. The lowest BCUT2D eigenvalue weighted by molar-refractivity contribution is -0.122. The van der Waals surface area contributed by atoms with Gasteiger partial charge in [0.25, 0.3) is 0 Å². The van der Waals surface area contributed by atoms with E-state index in [-0.39, 0.29) is 24.8 Å². The Bertz CT molecular complexity index is 836. The van der Waals surface area contributed by atoms with Crippen LogP contribution in [0.15, 0.2) is 35.7 Å². The number of amides is 2. The largest absolute Gasteiger partial charge is 0.465 e. The standard InChI is InChI=1S/C17H15ClN2O4S/c1-24-17(23)15-12(6-7-25-15)19-16(22)10-8-14(21)20(9-10)13-5-3-2-4-11(13)18/h2-7,10H,8-9H2,1H3,(H,19,22)/t10-/m0/s1. The van der Waals surface area contributed by atoms with Crippen LogP contribution in [-0.2, 0) is 14.3 Å². The van der Waals surface area contributed by atoms with Gasteiger partial charge in [-0.2, -0.15) is 0 Å². The quantitative estimate of drug-likeness (QED) is 0.829. The molecular formula is C17H15ClN2O4S. The lowest BCUT2D eigenvalue weighted by Gasteiger charge is -2.18. The average molecular weight is 379 g/mol. The number of nitrogens with zero attached hydrogens (tertiary/aromatic N) is 1. The van der Waals surface area contributed by atoms with E-state index in [2.05, 4.69) is 5.32 Å². The van der Waals surface area contributed by atoms with Gasteiger partial charge in [-0.1, -0.05) is 23.7 Å². The smallest absolute Gasteiger partial charge is 0.350 e. The lowest BCUT2D eigenvalue weighted by Crippen LogP contribution is -2.28. The molecule has 2 amide bonds. The van der Waals surface area contributed by atoms with Crippen molar-refractivity contribution < 1.29 is 19.1 Å². The molecule has 0 unspecified atom stereocenters. The zero-order chi connectivity index (χ0) is 18.0. The van der Waals surface area contributed by atoms with Crippen molar-refractivity contribution in [2.45, 2.75) is 6.42 Å². The number of anilines is 2. The van der Waals surface area contributed by atoms with E-state index < -0.39 is 11.9 Å². The molecule has 0 aliphatic carbocycles. The molecule has 1 N–H and O–H groups in total. The maximum Gasteiger partial charge on any atom is 0.350 e. The Morgan fingerprint density at radius 2 is 2.08 bits per heavy atom. The molecule has 0 bridgehead atoms. The molecule has 1 aliphatic heterocycles. The molecule has 1 fully saturated rings. The number of methoxy groups -OCH3 is 1. The molecule has 0 spiro atoms. The van der Waals surface area contributed by atoms with Crippen molar-refractivity contribution in [3.8, 4) is 0 Å². The summed E-state index contributed by atoms with van der Waals surface area (Å²) in [6, 6.07) is 8.65. The fourth-order valence-electron chi connectivity index (χ4n) is 2.68. The number of benzene rings is 1. The Labute approximate surface area is 153 Å². The molecule has 1 saturated heterocycles. The zero-order valence-corrected chi connectivity index (χ0v) is 14.9. The SMILES string of the molecule is COC(=O)c1sccc1NC(=O)[C@H]1CC(=O)N(c2ccccc2Cl)C1. The van der Waals surface area contributed by atoms with Crippen molar-refractivity contribution >= 4 is 52.1 Å². The summed E-state index contributed by atoms with van der Waals surface area (Å²) in [5.41, 5.74) is 0.987. The van der Waals surface area contributed by atoms with Gasteiger partial charge in [-0.05, 0) is 23.6 Å². The maximum atomic E-state index is 12.5. The molecule has 1 aromatic heterocycles. The fourth-order valence-corrected chi connectivity index (χ4v) is 3.68. The number of hydrogen-bond donors (Lipinski definition) is 1. The van der Waals surface area contributed by atoms with Gasteiger partial charge in [0.1, 0.15) is 4.88 Å². The Balaban J connectivity index is 1.73. The molecule has 1 atom stereocenters. The van der Waals surface area contributed by atoms with E-state index in [1.54, 1.807) is 35.7 Å². The number of halogens is 1. The highest BCUT2D eigenvalue weighted by Crippen LogP contribution is 2.32. The average Bonchev–Trinajstić information content (AvgIpc) is 3.21. The van der Waals surface area contributed by atoms with Crippen LogP contribution in [0, 0.1) is 5.92 Å². The molecule has 2 heterocycles. The van der Waals surface area contributed by atoms with Gasteiger partial charge in [-0.25, -0.2) is 4.79 Å². The van der Waals surface area contributed by atoms with Crippen LogP contribution < -0.4 is 10.2 Å². The van der Waals surface area contributed by atoms with E-state index in [1.807, 2.05) is 0 Å². The second-order valence-corrected chi connectivity index (χ2v) is 6.82. The van der Waals surface area contributed by atoms with Crippen LogP contribution in [0.4, 0.5) is 11.4 Å². The summed E-state index contributed by atoms with van der Waals surface area (Å²) in [5, 5.41) is 4.87. The molecule has 3 rings (SSSR count). The maximum absolute atomic E-state index is 12.5. The van der Waals surface area contributed by atoms with Gasteiger partial charge >= 0.3 is 5.97 Å². The van der Waals surface area contributed by atoms with Gasteiger partial charge in [-0.15, -0.1) is 11.3 Å². The normalized spacial score (nSPS) is 16.8. The van der Waals surface area contributed by atoms with Crippen LogP contribution in [0.2, 0.25) is 5.02 Å². The Morgan fingerprint density at radius 3 is 2.80 bits per heavy atom. The molecule has 0 saturated carbocycles. The molecule has 2 aromatic rings. The number of nitrogens with one attached hydrogen (secondary N) is 1. The minimum absolute atomic E-state index is 0.0920. The number of ether oxygens (including phenoxy) is 1. The Hall–Kier alpha value is -2.38. The highest BCUT2D eigenvalue weighted by molar-refractivity contribution is 7.12. The fraction of sp³-hybridized carbons (Fsp3) is 0.235. The van der Waals surface area contributed by atoms with E-state index in [0.29, 0.717) is 21.3 Å². The second kappa shape index (κ2) is 7.25. The third kappa shape index (κ3) is 3.52. The molecule has 0 radical (unpaired) electrons. The molecule has 8 heteroatoms. The summed E-state index contributed by atoms with van der Waals surface area (Å²) >= 11 is 7.32. The molecule has 1 aromatic carbocycles. The van der Waals surface area contributed by atoms with Crippen LogP contribution in [0.5, 0.6) is 0 Å². The van der Waals surface area contributed by atoms with E-state index in [9.17, 15) is 14.4 Å². The summed E-state index contributed by atoms with van der Waals surface area (Å²) in [6.07, 6.45) is 0.0920. The van der Waals surface area contributed by atoms with Gasteiger partial charge in [0, 0.05) is 13.0 Å². The zero-order valence-electron chi connectivity index (χ0n) is 13.3. The van der Waals surface area contributed by atoms with E-state index in [0.717, 1.165) is 0 Å². The monoisotopic (exact) mass is 378 g/mol.